The number of likely N-dealkylation sites (tertiary alicyclic amines) is 1. The van der Waals surface area contributed by atoms with Gasteiger partial charge in [-0.1, -0.05) is 0 Å². The molecule has 38 heavy (non-hydrogen) atoms. The standard InChI is InChI=1S/C29H33N7O2/c1-19-11-35(25-6-5-20(9-30)27-23(25)4-3-7-32-27)13-22(38-19)12-34-17-29(18-34)24-10-33-26(8-21(24)14-37-29)36-15-28(2,31)16-36/h3-8,10,19,22H,11-18,31H2,1-2H3/t19-,22+/m1/s1/i7D. The Morgan fingerprint density at radius 2 is 2.03 bits per heavy atom. The maximum absolute atomic E-state index is 9.55. The van der Waals surface area contributed by atoms with E-state index in [0.29, 0.717) is 17.7 Å². The van der Waals surface area contributed by atoms with Crippen LogP contribution in [0.5, 0.6) is 0 Å². The SMILES string of the molecule is [2H]c1ccc2c(N3C[C@H](CN4CC5(C4)OCc4cc(N6CC(C)(N)C6)ncc45)O[C@H](C)C3)ccc(C#N)c2n1. The fourth-order valence-electron chi connectivity index (χ4n) is 6.64. The van der Waals surface area contributed by atoms with Crippen molar-refractivity contribution in [2.24, 2.45) is 5.73 Å². The molecule has 0 radical (unpaired) electrons. The Morgan fingerprint density at radius 3 is 2.82 bits per heavy atom. The van der Waals surface area contributed by atoms with Gasteiger partial charge in [-0.05, 0) is 49.7 Å². The van der Waals surface area contributed by atoms with Gasteiger partial charge in [0.15, 0.2) is 0 Å². The monoisotopic (exact) mass is 512 g/mol. The Bertz CT molecular complexity index is 1490. The molecule has 4 aliphatic heterocycles. The molecule has 0 amide bonds. The lowest BCUT2D eigenvalue weighted by Crippen LogP contribution is -2.65. The van der Waals surface area contributed by atoms with Crippen LogP contribution in [0.1, 0.15) is 31.9 Å². The molecule has 2 N–H and O–H groups in total. The van der Waals surface area contributed by atoms with Crippen LogP contribution >= 0.6 is 0 Å². The van der Waals surface area contributed by atoms with Gasteiger partial charge in [-0.15, -0.1) is 0 Å². The normalized spacial score (nSPS) is 26.0. The van der Waals surface area contributed by atoms with Crippen LogP contribution < -0.4 is 15.5 Å². The molecule has 6 heterocycles. The number of hydrogen-bond donors (Lipinski definition) is 1. The number of nitriles is 1. The van der Waals surface area contributed by atoms with E-state index in [-0.39, 0.29) is 29.5 Å². The van der Waals surface area contributed by atoms with E-state index in [1.54, 1.807) is 6.07 Å². The van der Waals surface area contributed by atoms with Crippen LogP contribution in [0.3, 0.4) is 0 Å². The highest BCUT2D eigenvalue weighted by Crippen LogP contribution is 2.44. The van der Waals surface area contributed by atoms with Gasteiger partial charge in [0.25, 0.3) is 0 Å². The highest BCUT2D eigenvalue weighted by molar-refractivity contribution is 5.95. The van der Waals surface area contributed by atoms with Crippen LogP contribution in [0.2, 0.25) is 0 Å². The summed E-state index contributed by atoms with van der Waals surface area (Å²) in [5.74, 6) is 0.989. The lowest BCUT2D eigenvalue weighted by molar-refractivity contribution is -0.155. The van der Waals surface area contributed by atoms with Gasteiger partial charge in [0.1, 0.15) is 17.5 Å². The van der Waals surface area contributed by atoms with Crippen LogP contribution in [-0.2, 0) is 21.7 Å². The van der Waals surface area contributed by atoms with Crippen LogP contribution in [0.4, 0.5) is 11.5 Å². The van der Waals surface area contributed by atoms with Crippen LogP contribution in [0, 0.1) is 11.3 Å². The fraction of sp³-hybridized carbons (Fsp3) is 0.483. The third-order valence-electron chi connectivity index (χ3n) is 8.30. The number of benzene rings is 1. The molecule has 2 aromatic heterocycles. The quantitative estimate of drug-likeness (QED) is 0.564. The van der Waals surface area contributed by atoms with E-state index in [1.807, 2.05) is 24.4 Å². The van der Waals surface area contributed by atoms with Crippen LogP contribution in [-0.4, -0.2) is 78.4 Å². The number of rotatable bonds is 4. The average molecular weight is 513 g/mol. The van der Waals surface area contributed by atoms with E-state index in [2.05, 4.69) is 45.7 Å². The van der Waals surface area contributed by atoms with Crippen LogP contribution in [0.25, 0.3) is 10.9 Å². The first-order valence-corrected chi connectivity index (χ1v) is 13.3. The molecule has 9 nitrogen and oxygen atoms in total. The molecule has 4 aliphatic rings. The van der Waals surface area contributed by atoms with Crippen molar-refractivity contribution in [1.29, 1.82) is 5.26 Å². The van der Waals surface area contributed by atoms with Crippen molar-refractivity contribution in [3.8, 4) is 6.07 Å². The summed E-state index contributed by atoms with van der Waals surface area (Å²) in [7, 11) is 0. The van der Waals surface area contributed by atoms with Crippen molar-refractivity contribution < 1.29 is 10.8 Å². The molecule has 3 saturated heterocycles. The number of ether oxygens (including phenoxy) is 2. The van der Waals surface area contributed by atoms with E-state index in [0.717, 1.165) is 62.7 Å². The summed E-state index contributed by atoms with van der Waals surface area (Å²) >= 11 is 0. The van der Waals surface area contributed by atoms with Crippen molar-refractivity contribution in [1.82, 2.24) is 14.9 Å². The minimum atomic E-state index is -0.277. The molecule has 9 heteroatoms. The smallest absolute Gasteiger partial charge is 0.128 e. The Morgan fingerprint density at radius 1 is 1.18 bits per heavy atom. The van der Waals surface area contributed by atoms with Gasteiger partial charge in [0.2, 0.25) is 0 Å². The third kappa shape index (κ3) is 3.91. The minimum absolute atomic E-state index is 0.0403. The molecule has 1 spiro atoms. The Balaban J connectivity index is 1.04. The Kier molecular flexibility index (Phi) is 5.14. The van der Waals surface area contributed by atoms with Crippen molar-refractivity contribution in [3.63, 3.8) is 0 Å². The van der Waals surface area contributed by atoms with E-state index >= 15 is 0 Å². The van der Waals surface area contributed by atoms with Crippen molar-refractivity contribution >= 4 is 22.4 Å². The maximum Gasteiger partial charge on any atom is 0.128 e. The lowest BCUT2D eigenvalue weighted by atomic mass is 9.86. The number of pyridine rings is 2. The first-order valence-electron chi connectivity index (χ1n) is 13.8. The molecular formula is C29H33N7O2. The van der Waals surface area contributed by atoms with Gasteiger partial charge in [-0.25, -0.2) is 4.98 Å². The maximum atomic E-state index is 9.55. The predicted octanol–water partition coefficient (Wildman–Crippen LogP) is 2.37. The molecule has 196 valence electrons. The molecule has 3 aromatic rings. The van der Waals surface area contributed by atoms with Crippen LogP contribution in [0.15, 0.2) is 42.7 Å². The zero-order valence-electron chi connectivity index (χ0n) is 22.9. The van der Waals surface area contributed by atoms with Crippen molar-refractivity contribution in [3.05, 3.63) is 59.4 Å². The largest absolute Gasteiger partial charge is 0.370 e. The summed E-state index contributed by atoms with van der Waals surface area (Å²) in [6, 6.07) is 11.8. The van der Waals surface area contributed by atoms with Gasteiger partial charge < -0.3 is 25.0 Å². The molecule has 1 aromatic carbocycles. The fourth-order valence-corrected chi connectivity index (χ4v) is 6.64. The number of aromatic nitrogens is 2. The summed E-state index contributed by atoms with van der Waals surface area (Å²) in [5.41, 5.74) is 10.3. The van der Waals surface area contributed by atoms with E-state index in [4.69, 9.17) is 21.6 Å². The molecule has 0 aliphatic carbocycles. The molecule has 0 unspecified atom stereocenters. The predicted molar refractivity (Wildman–Crippen MR) is 145 cm³/mol. The summed E-state index contributed by atoms with van der Waals surface area (Å²) < 4.78 is 20.6. The lowest BCUT2D eigenvalue weighted by Gasteiger charge is -2.50. The first-order chi connectivity index (χ1) is 18.7. The number of morpholine rings is 1. The number of hydrogen-bond acceptors (Lipinski definition) is 9. The zero-order valence-corrected chi connectivity index (χ0v) is 21.9. The zero-order chi connectivity index (χ0) is 26.9. The molecule has 2 atom stereocenters. The molecule has 3 fully saturated rings. The summed E-state index contributed by atoms with van der Waals surface area (Å²) in [6.07, 6.45) is 2.28. The molecular weight excluding hydrogens is 478 g/mol. The van der Waals surface area contributed by atoms with Gasteiger partial charge in [0, 0.05) is 80.4 Å². The Hall–Kier alpha value is -3.29. The third-order valence-corrected chi connectivity index (χ3v) is 8.30. The summed E-state index contributed by atoms with van der Waals surface area (Å²) in [4.78, 5) is 16.1. The number of nitrogens with two attached hydrogens (primary N) is 1. The summed E-state index contributed by atoms with van der Waals surface area (Å²) in [6.45, 7) is 10.4. The minimum Gasteiger partial charge on any atom is -0.370 e. The van der Waals surface area contributed by atoms with E-state index in [9.17, 15) is 5.26 Å². The second kappa shape index (κ2) is 8.61. The molecule has 0 saturated carbocycles. The first kappa shape index (κ1) is 22.7. The molecule has 0 bridgehead atoms. The van der Waals surface area contributed by atoms with Gasteiger partial charge in [-0.2, -0.15) is 5.26 Å². The van der Waals surface area contributed by atoms with Gasteiger partial charge in [0.05, 0.1) is 31.3 Å². The average Bonchev–Trinajstić information content (AvgIpc) is 3.25. The van der Waals surface area contributed by atoms with E-state index in [1.165, 1.54) is 11.1 Å². The highest BCUT2D eigenvalue weighted by Gasteiger charge is 2.51. The van der Waals surface area contributed by atoms with Gasteiger partial charge >= 0.3 is 0 Å². The van der Waals surface area contributed by atoms with E-state index < -0.39 is 0 Å². The van der Waals surface area contributed by atoms with Gasteiger partial charge in [-0.3, -0.25) is 9.88 Å². The number of anilines is 2. The second-order valence-corrected chi connectivity index (χ2v) is 11.7. The summed E-state index contributed by atoms with van der Waals surface area (Å²) in [5, 5.41) is 10.5. The van der Waals surface area contributed by atoms with Crippen molar-refractivity contribution in [2.75, 3.05) is 55.6 Å². The second-order valence-electron chi connectivity index (χ2n) is 11.7. The number of fused-ring (bicyclic) bond motifs is 3. The van der Waals surface area contributed by atoms with Crippen molar-refractivity contribution in [2.45, 2.75) is 43.8 Å². The highest BCUT2D eigenvalue weighted by atomic mass is 16.5. The number of nitrogens with zero attached hydrogens (tertiary/aromatic N) is 6. The molecule has 7 rings (SSSR count). The topological polar surface area (TPSA) is 104 Å². The Labute approximate surface area is 224 Å².